The number of benzene rings is 1. The van der Waals surface area contributed by atoms with Crippen LogP contribution in [0.25, 0.3) is 0 Å². The van der Waals surface area contributed by atoms with E-state index in [4.69, 9.17) is 9.47 Å². The first-order valence-corrected chi connectivity index (χ1v) is 8.66. The number of unbranched alkanes of at least 4 members (excludes halogenated alkanes) is 1. The van der Waals surface area contributed by atoms with Gasteiger partial charge in [-0.25, -0.2) is 0 Å². The minimum absolute atomic E-state index is 0.272. The highest BCUT2D eigenvalue weighted by molar-refractivity contribution is 9.12. The van der Waals surface area contributed by atoms with Crippen molar-refractivity contribution in [3.05, 3.63) is 35.9 Å². The van der Waals surface area contributed by atoms with E-state index in [2.05, 4.69) is 44.0 Å². The van der Waals surface area contributed by atoms with Gasteiger partial charge >= 0.3 is 0 Å². The minimum Gasteiger partial charge on any atom is -0.380 e. The van der Waals surface area contributed by atoms with E-state index >= 15 is 0 Å². The van der Waals surface area contributed by atoms with Gasteiger partial charge in [-0.1, -0.05) is 62.2 Å². The maximum atomic E-state index is 5.66. The van der Waals surface area contributed by atoms with Gasteiger partial charge in [0.05, 0.1) is 17.5 Å². The molecule has 2 nitrogen and oxygen atoms in total. The van der Waals surface area contributed by atoms with Gasteiger partial charge in [-0.3, -0.25) is 0 Å². The van der Waals surface area contributed by atoms with Crippen molar-refractivity contribution in [3.63, 3.8) is 0 Å². The largest absolute Gasteiger partial charge is 0.380 e. The number of hydrogen-bond donors (Lipinski definition) is 0. The van der Waals surface area contributed by atoms with Crippen LogP contribution in [0, 0.1) is 0 Å². The fraction of sp³-hybridized carbons (Fsp3) is 0.600. The summed E-state index contributed by atoms with van der Waals surface area (Å²) in [5.41, 5.74) is 1.23. The number of hydrogen-bond acceptors (Lipinski definition) is 2. The van der Waals surface area contributed by atoms with Crippen molar-refractivity contribution in [2.24, 2.45) is 0 Å². The SMILES string of the molecule is COC(CCCCOCc1ccccc1)C(Br)CBr. The third-order valence-corrected chi connectivity index (χ3v) is 5.47. The molecule has 1 aromatic carbocycles. The molecule has 0 saturated heterocycles. The zero-order valence-corrected chi connectivity index (χ0v) is 14.5. The Balaban J connectivity index is 2.05. The highest BCUT2D eigenvalue weighted by atomic mass is 79.9. The van der Waals surface area contributed by atoms with Crippen LogP contribution < -0.4 is 0 Å². The predicted molar refractivity (Wildman–Crippen MR) is 87.3 cm³/mol. The summed E-state index contributed by atoms with van der Waals surface area (Å²) < 4.78 is 11.1. The number of halogens is 2. The van der Waals surface area contributed by atoms with Crippen molar-refractivity contribution in [2.45, 2.75) is 36.8 Å². The lowest BCUT2D eigenvalue weighted by atomic mass is 10.1. The van der Waals surface area contributed by atoms with Gasteiger partial charge < -0.3 is 9.47 Å². The standard InChI is InChI=1S/C15H22Br2O2/c1-18-15(14(17)11-16)9-5-6-10-19-12-13-7-3-2-4-8-13/h2-4,7-8,14-15H,5-6,9-12H2,1H3. The van der Waals surface area contributed by atoms with E-state index in [-0.39, 0.29) is 6.10 Å². The van der Waals surface area contributed by atoms with Gasteiger partial charge in [-0.05, 0) is 24.8 Å². The van der Waals surface area contributed by atoms with Gasteiger partial charge in [0, 0.05) is 19.0 Å². The summed E-state index contributed by atoms with van der Waals surface area (Å²) in [7, 11) is 1.77. The van der Waals surface area contributed by atoms with Crippen LogP contribution in [0.3, 0.4) is 0 Å². The van der Waals surface area contributed by atoms with E-state index in [1.807, 2.05) is 18.2 Å². The molecule has 0 heterocycles. The normalized spacial score (nSPS) is 14.3. The number of alkyl halides is 2. The van der Waals surface area contributed by atoms with E-state index in [0.29, 0.717) is 11.4 Å². The first-order valence-electron chi connectivity index (χ1n) is 6.62. The quantitative estimate of drug-likeness (QED) is 0.429. The summed E-state index contributed by atoms with van der Waals surface area (Å²) in [6, 6.07) is 10.3. The average molecular weight is 394 g/mol. The monoisotopic (exact) mass is 392 g/mol. The fourth-order valence-electron chi connectivity index (χ4n) is 1.86. The van der Waals surface area contributed by atoms with E-state index < -0.39 is 0 Å². The molecule has 0 aliphatic carbocycles. The highest BCUT2D eigenvalue weighted by Crippen LogP contribution is 2.17. The van der Waals surface area contributed by atoms with Crippen molar-refractivity contribution in [1.82, 2.24) is 0 Å². The van der Waals surface area contributed by atoms with Crippen molar-refractivity contribution in [2.75, 3.05) is 19.0 Å². The predicted octanol–water partition coefficient (Wildman–Crippen LogP) is 4.55. The molecule has 0 spiro atoms. The first-order chi connectivity index (χ1) is 9.27. The van der Waals surface area contributed by atoms with Gasteiger partial charge in [-0.15, -0.1) is 0 Å². The molecule has 0 radical (unpaired) electrons. The van der Waals surface area contributed by atoms with Crippen LogP contribution in [-0.2, 0) is 16.1 Å². The molecule has 1 rings (SSSR count). The summed E-state index contributed by atoms with van der Waals surface area (Å²) in [5, 5.41) is 0.913. The molecular weight excluding hydrogens is 372 g/mol. The molecule has 0 aliphatic rings. The Morgan fingerprint density at radius 2 is 1.89 bits per heavy atom. The molecule has 2 unspecified atom stereocenters. The maximum Gasteiger partial charge on any atom is 0.0716 e. The van der Waals surface area contributed by atoms with Crippen LogP contribution in [0.4, 0.5) is 0 Å². The van der Waals surface area contributed by atoms with Gasteiger partial charge in [0.1, 0.15) is 0 Å². The van der Waals surface area contributed by atoms with Crippen LogP contribution >= 0.6 is 31.9 Å². The van der Waals surface area contributed by atoms with Gasteiger partial charge in [0.2, 0.25) is 0 Å². The summed E-state index contributed by atoms with van der Waals surface area (Å²) in [6.07, 6.45) is 3.54. The Bertz CT molecular complexity index is 319. The lowest BCUT2D eigenvalue weighted by Gasteiger charge is -2.19. The molecule has 0 aliphatic heterocycles. The van der Waals surface area contributed by atoms with Gasteiger partial charge in [0.25, 0.3) is 0 Å². The Hall–Kier alpha value is 0.1000. The number of methoxy groups -OCH3 is 1. The molecule has 0 amide bonds. The minimum atomic E-state index is 0.272. The second-order valence-corrected chi connectivity index (χ2v) is 6.30. The summed E-state index contributed by atoms with van der Waals surface area (Å²) in [6.45, 7) is 1.52. The van der Waals surface area contributed by atoms with E-state index in [1.165, 1.54) is 5.56 Å². The molecule has 0 fully saturated rings. The Morgan fingerprint density at radius 3 is 2.53 bits per heavy atom. The van der Waals surface area contributed by atoms with Crippen LogP contribution in [0.2, 0.25) is 0 Å². The van der Waals surface area contributed by atoms with Gasteiger partial charge in [-0.2, -0.15) is 0 Å². The van der Waals surface area contributed by atoms with Crippen LogP contribution in [0.1, 0.15) is 24.8 Å². The Morgan fingerprint density at radius 1 is 1.16 bits per heavy atom. The zero-order valence-electron chi connectivity index (χ0n) is 11.4. The molecule has 0 bridgehead atoms. The lowest BCUT2D eigenvalue weighted by Crippen LogP contribution is -2.24. The lowest BCUT2D eigenvalue weighted by molar-refractivity contribution is 0.0864. The maximum absolute atomic E-state index is 5.66. The molecule has 4 heteroatoms. The zero-order chi connectivity index (χ0) is 13.9. The van der Waals surface area contributed by atoms with E-state index in [0.717, 1.165) is 31.2 Å². The van der Waals surface area contributed by atoms with Crippen molar-refractivity contribution >= 4 is 31.9 Å². The number of ether oxygens (including phenoxy) is 2. The van der Waals surface area contributed by atoms with Gasteiger partial charge in [0.15, 0.2) is 0 Å². The van der Waals surface area contributed by atoms with Crippen LogP contribution in [-0.4, -0.2) is 30.0 Å². The van der Waals surface area contributed by atoms with Crippen molar-refractivity contribution in [3.8, 4) is 0 Å². The second kappa shape index (κ2) is 10.8. The number of rotatable bonds is 10. The second-order valence-electron chi connectivity index (χ2n) is 4.48. The Kier molecular flexibility index (Phi) is 9.78. The molecule has 2 atom stereocenters. The third kappa shape index (κ3) is 7.45. The summed E-state index contributed by atoms with van der Waals surface area (Å²) in [4.78, 5) is 0.378. The van der Waals surface area contributed by atoms with Crippen molar-refractivity contribution in [1.29, 1.82) is 0 Å². The molecule has 1 aromatic rings. The fourth-order valence-corrected chi connectivity index (χ4v) is 2.76. The molecule has 0 N–H and O–H groups in total. The third-order valence-electron chi connectivity index (χ3n) is 2.99. The molecule has 0 aromatic heterocycles. The molecule has 0 saturated carbocycles. The average Bonchev–Trinajstić information content (AvgIpc) is 2.47. The summed E-state index contributed by atoms with van der Waals surface area (Å²) >= 11 is 7.08. The smallest absolute Gasteiger partial charge is 0.0716 e. The molecular formula is C15H22Br2O2. The Labute approximate surface area is 133 Å². The van der Waals surface area contributed by atoms with Crippen molar-refractivity contribution < 1.29 is 9.47 Å². The highest BCUT2D eigenvalue weighted by Gasteiger charge is 2.16. The summed E-state index contributed by atoms with van der Waals surface area (Å²) in [5.74, 6) is 0. The van der Waals surface area contributed by atoms with E-state index in [1.54, 1.807) is 7.11 Å². The molecule has 19 heavy (non-hydrogen) atoms. The molecule has 108 valence electrons. The van der Waals surface area contributed by atoms with Crippen LogP contribution in [0.15, 0.2) is 30.3 Å². The van der Waals surface area contributed by atoms with Crippen LogP contribution in [0.5, 0.6) is 0 Å². The topological polar surface area (TPSA) is 18.5 Å². The van der Waals surface area contributed by atoms with E-state index in [9.17, 15) is 0 Å². The first kappa shape index (κ1) is 17.2.